The molecule has 0 saturated heterocycles. The van der Waals surface area contributed by atoms with Gasteiger partial charge in [0.1, 0.15) is 5.01 Å². The Morgan fingerprint density at radius 1 is 1.17 bits per heavy atom. The number of halogens is 3. The van der Waals surface area contributed by atoms with Crippen LogP contribution in [0.15, 0.2) is 46.8 Å². The molecule has 5 rings (SSSR count). The first-order valence-electron chi connectivity index (χ1n) is 11.4. The maximum absolute atomic E-state index is 13.7. The second-order valence-corrected chi connectivity index (χ2v) is 13.1. The van der Waals surface area contributed by atoms with E-state index in [0.29, 0.717) is 23.4 Å². The van der Waals surface area contributed by atoms with Gasteiger partial charge >= 0.3 is 0 Å². The summed E-state index contributed by atoms with van der Waals surface area (Å²) in [5.41, 5.74) is -0.571. The zero-order valence-electron chi connectivity index (χ0n) is 19.2. The molecule has 2 aliphatic rings. The van der Waals surface area contributed by atoms with Crippen molar-refractivity contribution in [2.75, 3.05) is 5.32 Å². The fraction of sp³-hybridized carbons (Fsp3) is 0.360. The molecule has 1 heterocycles. The summed E-state index contributed by atoms with van der Waals surface area (Å²) in [6, 6.07) is 5.57. The molecule has 2 aromatic carbocycles. The van der Waals surface area contributed by atoms with Crippen molar-refractivity contribution in [2.24, 2.45) is 11.8 Å². The first-order valence-corrected chi connectivity index (χ1v) is 14.2. The maximum Gasteiger partial charge on any atom is 0.256 e. The van der Waals surface area contributed by atoms with E-state index in [2.05, 4.69) is 10.3 Å². The van der Waals surface area contributed by atoms with Crippen molar-refractivity contribution in [2.45, 2.75) is 48.4 Å². The van der Waals surface area contributed by atoms with E-state index < -0.39 is 38.2 Å². The Morgan fingerprint density at radius 2 is 1.86 bits per heavy atom. The van der Waals surface area contributed by atoms with Crippen molar-refractivity contribution in [3.63, 3.8) is 0 Å². The van der Waals surface area contributed by atoms with Crippen molar-refractivity contribution < 1.29 is 27.1 Å². The highest BCUT2D eigenvalue weighted by atomic mass is 35.5. The standard InChI is InChI=1S/C25H23ClF2N2O4S2/c1-25(32)13-2-3-14(25)9-16(8-13)36(33,34)22-12-17(18(11-19(22)26)24-29-6-7-35-24)23(31)30-15-4-5-20(27)21(28)10-15/h4-7,10-14,16,32H,2-3,8-9H2,1H3,(H,30,31). The lowest BCUT2D eigenvalue weighted by molar-refractivity contribution is -0.0413. The largest absolute Gasteiger partial charge is 0.390 e. The van der Waals surface area contributed by atoms with Gasteiger partial charge in [-0.2, -0.15) is 0 Å². The molecule has 36 heavy (non-hydrogen) atoms. The van der Waals surface area contributed by atoms with Crippen LogP contribution in [0.3, 0.4) is 0 Å². The second-order valence-electron chi connectivity index (χ2n) is 9.58. The minimum atomic E-state index is -3.95. The average molecular weight is 553 g/mol. The summed E-state index contributed by atoms with van der Waals surface area (Å²) in [6.45, 7) is 1.77. The third-order valence-electron chi connectivity index (χ3n) is 7.51. The summed E-state index contributed by atoms with van der Waals surface area (Å²) >= 11 is 7.74. The Bertz CT molecular complexity index is 1430. The number of benzene rings is 2. The molecule has 2 N–H and O–H groups in total. The third-order valence-corrected chi connectivity index (χ3v) is 11.0. The molecule has 11 heteroatoms. The Hall–Kier alpha value is -2.40. The molecule has 2 fully saturated rings. The lowest BCUT2D eigenvalue weighted by atomic mass is 9.76. The van der Waals surface area contributed by atoms with Gasteiger partial charge in [-0.3, -0.25) is 4.79 Å². The van der Waals surface area contributed by atoms with E-state index in [4.69, 9.17) is 11.6 Å². The highest BCUT2D eigenvalue weighted by molar-refractivity contribution is 7.92. The van der Waals surface area contributed by atoms with Gasteiger partial charge in [0.05, 0.1) is 26.3 Å². The Morgan fingerprint density at radius 3 is 2.47 bits per heavy atom. The van der Waals surface area contributed by atoms with Crippen molar-refractivity contribution >= 4 is 44.4 Å². The topological polar surface area (TPSA) is 96.4 Å². The van der Waals surface area contributed by atoms with Gasteiger partial charge in [0.2, 0.25) is 0 Å². The zero-order valence-corrected chi connectivity index (χ0v) is 21.6. The number of thiazole rings is 1. The van der Waals surface area contributed by atoms with Crippen LogP contribution in [0.5, 0.6) is 0 Å². The van der Waals surface area contributed by atoms with Gasteiger partial charge in [-0.25, -0.2) is 22.2 Å². The van der Waals surface area contributed by atoms with Gasteiger partial charge in [0, 0.05) is 28.9 Å². The number of hydrogen-bond acceptors (Lipinski definition) is 6. The second kappa shape index (κ2) is 9.16. The molecule has 2 saturated carbocycles. The van der Waals surface area contributed by atoms with E-state index >= 15 is 0 Å². The van der Waals surface area contributed by atoms with Gasteiger partial charge in [-0.1, -0.05) is 11.6 Å². The van der Waals surface area contributed by atoms with Crippen LogP contribution in [0.2, 0.25) is 5.02 Å². The van der Waals surface area contributed by atoms with E-state index in [1.165, 1.54) is 29.5 Å². The van der Waals surface area contributed by atoms with Crippen LogP contribution in [0.4, 0.5) is 14.5 Å². The number of aromatic nitrogens is 1. The first-order chi connectivity index (χ1) is 17.0. The van der Waals surface area contributed by atoms with Gasteiger partial charge in [-0.05, 0) is 68.7 Å². The molecular weight excluding hydrogens is 530 g/mol. The maximum atomic E-state index is 13.7. The third kappa shape index (κ3) is 4.34. The molecule has 0 aliphatic heterocycles. The lowest BCUT2D eigenvalue weighted by Gasteiger charge is -2.40. The minimum absolute atomic E-state index is 0.00873. The zero-order chi connectivity index (χ0) is 25.8. The molecule has 1 aromatic heterocycles. The number of aliphatic hydroxyl groups is 1. The van der Waals surface area contributed by atoms with Crippen molar-refractivity contribution in [1.82, 2.24) is 4.98 Å². The Labute approximate surface area is 216 Å². The summed E-state index contributed by atoms with van der Waals surface area (Å²) in [6.07, 6.45) is 3.70. The Kier molecular flexibility index (Phi) is 6.43. The SMILES string of the molecule is CC1(O)C2CCC1CC(S(=O)(=O)c1cc(C(=O)Nc3ccc(F)c(F)c3)c(-c3nccs3)cc1Cl)C2. The highest BCUT2D eigenvalue weighted by Crippen LogP contribution is 2.52. The van der Waals surface area contributed by atoms with Crippen molar-refractivity contribution in [3.05, 3.63) is 64.1 Å². The number of fused-ring (bicyclic) bond motifs is 2. The van der Waals surface area contributed by atoms with Crippen LogP contribution in [-0.4, -0.2) is 35.3 Å². The smallest absolute Gasteiger partial charge is 0.256 e. The molecular formula is C25H23ClF2N2O4S2. The summed E-state index contributed by atoms with van der Waals surface area (Å²) in [5, 5.41) is 14.7. The van der Waals surface area contributed by atoms with Crippen LogP contribution >= 0.6 is 22.9 Å². The number of carbonyl (C=O) groups excluding carboxylic acids is 1. The number of sulfone groups is 1. The molecule has 190 valence electrons. The molecule has 3 aromatic rings. The molecule has 1 amide bonds. The molecule has 0 radical (unpaired) electrons. The molecule has 6 nitrogen and oxygen atoms in total. The van der Waals surface area contributed by atoms with E-state index in [1.54, 1.807) is 18.5 Å². The summed E-state index contributed by atoms with van der Waals surface area (Å²) < 4.78 is 54.5. The number of hydrogen-bond donors (Lipinski definition) is 2. The van der Waals surface area contributed by atoms with Gasteiger partial charge in [-0.15, -0.1) is 11.3 Å². The van der Waals surface area contributed by atoms with Crippen LogP contribution in [-0.2, 0) is 9.84 Å². The molecule has 2 unspecified atom stereocenters. The molecule has 0 spiro atoms. The predicted molar refractivity (Wildman–Crippen MR) is 134 cm³/mol. The highest BCUT2D eigenvalue weighted by Gasteiger charge is 2.53. The van der Waals surface area contributed by atoms with E-state index in [1.807, 2.05) is 0 Å². The van der Waals surface area contributed by atoms with Crippen LogP contribution in [0.1, 0.15) is 43.0 Å². The van der Waals surface area contributed by atoms with Crippen LogP contribution < -0.4 is 5.32 Å². The van der Waals surface area contributed by atoms with E-state index in [-0.39, 0.29) is 33.0 Å². The summed E-state index contributed by atoms with van der Waals surface area (Å²) in [5.74, 6) is -3.15. The average Bonchev–Trinajstić information content (AvgIpc) is 3.36. The number of nitrogens with zero attached hydrogens (tertiary/aromatic N) is 1. The quantitative estimate of drug-likeness (QED) is 0.423. The number of nitrogens with one attached hydrogen (secondary N) is 1. The lowest BCUT2D eigenvalue weighted by Crippen LogP contribution is -2.45. The van der Waals surface area contributed by atoms with Crippen molar-refractivity contribution in [1.29, 1.82) is 0 Å². The summed E-state index contributed by atoms with van der Waals surface area (Å²) in [4.78, 5) is 17.3. The number of carbonyl (C=O) groups is 1. The predicted octanol–water partition coefficient (Wildman–Crippen LogP) is 5.71. The van der Waals surface area contributed by atoms with Crippen LogP contribution in [0.25, 0.3) is 10.6 Å². The molecule has 2 bridgehead atoms. The number of rotatable bonds is 5. The normalized spacial score (nSPS) is 25.6. The van der Waals surface area contributed by atoms with Gasteiger partial charge in [0.25, 0.3) is 5.91 Å². The minimum Gasteiger partial charge on any atom is -0.390 e. The van der Waals surface area contributed by atoms with Crippen LogP contribution in [0, 0.1) is 23.5 Å². The first kappa shape index (κ1) is 25.3. The van der Waals surface area contributed by atoms with E-state index in [9.17, 15) is 27.1 Å². The van der Waals surface area contributed by atoms with Gasteiger partial charge < -0.3 is 10.4 Å². The number of anilines is 1. The monoisotopic (exact) mass is 552 g/mol. The number of amides is 1. The fourth-order valence-corrected chi connectivity index (χ4v) is 8.56. The molecule has 2 atom stereocenters. The Balaban J connectivity index is 1.55. The van der Waals surface area contributed by atoms with Gasteiger partial charge in [0.15, 0.2) is 21.5 Å². The molecule has 2 aliphatic carbocycles. The van der Waals surface area contributed by atoms with Crippen molar-refractivity contribution in [3.8, 4) is 10.6 Å². The summed E-state index contributed by atoms with van der Waals surface area (Å²) in [7, 11) is -3.95. The fourth-order valence-electron chi connectivity index (χ4n) is 5.46. The van der Waals surface area contributed by atoms with E-state index in [0.717, 1.165) is 25.0 Å².